The summed E-state index contributed by atoms with van der Waals surface area (Å²) < 4.78 is 11.7. The van der Waals surface area contributed by atoms with E-state index >= 15 is 0 Å². The van der Waals surface area contributed by atoms with Gasteiger partial charge in [-0.1, -0.05) is 36.8 Å². The van der Waals surface area contributed by atoms with Gasteiger partial charge in [-0.3, -0.25) is 4.79 Å². The Kier molecular flexibility index (Phi) is 6.52. The summed E-state index contributed by atoms with van der Waals surface area (Å²) in [6.45, 7) is 1.91. The number of ketones is 1. The molecule has 3 aromatic rings. The first-order valence-corrected chi connectivity index (χ1v) is 13.5. The molecule has 6 rings (SSSR count). The Morgan fingerprint density at radius 3 is 2.61 bits per heavy atom. The molecule has 0 amide bonds. The van der Waals surface area contributed by atoms with Gasteiger partial charge in [-0.25, -0.2) is 9.78 Å². The molecule has 38 heavy (non-hydrogen) atoms. The molecule has 2 aliphatic carbocycles. The molecule has 0 spiro atoms. The number of rotatable bonds is 5. The molecule has 7 nitrogen and oxygen atoms in total. The van der Waals surface area contributed by atoms with Crippen molar-refractivity contribution >= 4 is 22.8 Å². The second-order valence-corrected chi connectivity index (χ2v) is 10.6. The molecule has 1 saturated carbocycles. The Morgan fingerprint density at radius 2 is 1.79 bits per heavy atom. The number of H-pyrrole nitrogens is 1. The summed E-state index contributed by atoms with van der Waals surface area (Å²) in [5.41, 5.74) is 6.25. The molecule has 0 radical (unpaired) electrons. The lowest BCUT2D eigenvalue weighted by Gasteiger charge is -2.37. The predicted octanol–water partition coefficient (Wildman–Crippen LogP) is 5.81. The number of imidazole rings is 1. The fourth-order valence-electron chi connectivity index (χ4n) is 6.46. The molecule has 1 fully saturated rings. The molecule has 2 heterocycles. The Hall–Kier alpha value is -3.87. The van der Waals surface area contributed by atoms with E-state index in [1.165, 1.54) is 6.42 Å². The number of aromatic amines is 1. The number of aromatic nitrogens is 2. The minimum atomic E-state index is -0.541. The summed E-state index contributed by atoms with van der Waals surface area (Å²) in [6, 6.07) is 13.8. The first-order valence-electron chi connectivity index (χ1n) is 13.5. The molecular weight excluding hydrogens is 478 g/mol. The van der Waals surface area contributed by atoms with Gasteiger partial charge >= 0.3 is 5.97 Å². The van der Waals surface area contributed by atoms with Crippen molar-refractivity contribution in [2.45, 2.75) is 69.8 Å². The molecule has 1 aromatic heterocycles. The van der Waals surface area contributed by atoms with Crippen LogP contribution in [-0.2, 0) is 14.3 Å². The summed E-state index contributed by atoms with van der Waals surface area (Å²) in [4.78, 5) is 35.5. The summed E-state index contributed by atoms with van der Waals surface area (Å²) in [5.74, 6) is -0.0870. The zero-order valence-corrected chi connectivity index (χ0v) is 21.9. The number of Topliss-reactive ketones (excluding diaryl/α,β-unsaturated/α-hetero) is 1. The number of hydrogen-bond donors (Lipinski definition) is 2. The highest BCUT2D eigenvalue weighted by molar-refractivity contribution is 6.05. The zero-order valence-electron chi connectivity index (χ0n) is 21.9. The third kappa shape index (κ3) is 4.30. The van der Waals surface area contributed by atoms with Crippen LogP contribution in [0.4, 0.5) is 0 Å². The second-order valence-electron chi connectivity index (χ2n) is 10.6. The van der Waals surface area contributed by atoms with Crippen LogP contribution in [-0.4, -0.2) is 34.9 Å². The summed E-state index contributed by atoms with van der Waals surface area (Å²) in [6.07, 6.45) is 7.67. The number of methoxy groups -OCH3 is 1. The van der Waals surface area contributed by atoms with Crippen molar-refractivity contribution in [1.82, 2.24) is 15.3 Å². The average Bonchev–Trinajstić information content (AvgIpc) is 3.42. The third-order valence-corrected chi connectivity index (χ3v) is 8.24. The molecule has 196 valence electrons. The van der Waals surface area contributed by atoms with Crippen molar-refractivity contribution < 1.29 is 19.1 Å². The Balaban J connectivity index is 1.44. The van der Waals surface area contributed by atoms with E-state index in [1.807, 2.05) is 49.4 Å². The fraction of sp³-hybridized carbons (Fsp3) is 0.387. The number of nitrogens with zero attached hydrogens (tertiary/aromatic N) is 1. The van der Waals surface area contributed by atoms with Gasteiger partial charge in [0.05, 0.1) is 36.0 Å². The third-order valence-electron chi connectivity index (χ3n) is 8.24. The van der Waals surface area contributed by atoms with Crippen LogP contribution < -0.4 is 10.1 Å². The fourth-order valence-corrected chi connectivity index (χ4v) is 6.46. The number of para-hydroxylation sites is 2. The number of allylic oxidation sites excluding steroid dienone is 3. The number of carbonyl (C=O) groups excluding carboxylic acids is 2. The molecule has 3 aliphatic rings. The Morgan fingerprint density at radius 1 is 1.00 bits per heavy atom. The number of benzene rings is 2. The standard InChI is InChI=1S/C31H33N3O4/c1-18-27(31(36)38-20-9-4-3-5-10-20)28(22-12-8-13-23-30(22)33-17-32-23)29-24(34-18)15-19(16-25(29)35)21-11-6-7-14-26(21)37-2/h6-8,11-14,17,19-20,28,34H,3-5,9-10,15-16H2,1-2H3,(H,32,33)/t19?,28-/m1/s1. The molecule has 2 atom stereocenters. The van der Waals surface area contributed by atoms with Crippen molar-refractivity contribution in [3.05, 3.63) is 82.5 Å². The lowest BCUT2D eigenvalue weighted by molar-refractivity contribution is -0.146. The normalized spacial score (nSPS) is 22.3. The van der Waals surface area contributed by atoms with Gasteiger partial charge in [-0.2, -0.15) is 0 Å². The molecule has 0 bridgehead atoms. The van der Waals surface area contributed by atoms with Crippen molar-refractivity contribution in [2.75, 3.05) is 7.11 Å². The first-order chi connectivity index (χ1) is 18.5. The van der Waals surface area contributed by atoms with Crippen molar-refractivity contribution in [3.8, 4) is 5.75 Å². The van der Waals surface area contributed by atoms with E-state index in [4.69, 9.17) is 9.47 Å². The van der Waals surface area contributed by atoms with Crippen LogP contribution >= 0.6 is 0 Å². The van der Waals surface area contributed by atoms with Crippen LogP contribution in [0.5, 0.6) is 5.75 Å². The van der Waals surface area contributed by atoms with E-state index in [0.717, 1.165) is 65.0 Å². The lowest BCUT2D eigenvalue weighted by Crippen LogP contribution is -2.37. The van der Waals surface area contributed by atoms with Gasteiger partial charge < -0.3 is 19.8 Å². The Labute approximate surface area is 222 Å². The highest BCUT2D eigenvalue weighted by atomic mass is 16.5. The largest absolute Gasteiger partial charge is 0.496 e. The maximum atomic E-state index is 14.0. The summed E-state index contributed by atoms with van der Waals surface area (Å²) in [7, 11) is 1.66. The first kappa shape index (κ1) is 24.5. The molecule has 1 aliphatic heterocycles. The smallest absolute Gasteiger partial charge is 0.337 e. The van der Waals surface area contributed by atoms with Crippen LogP contribution in [0, 0.1) is 0 Å². The maximum absolute atomic E-state index is 14.0. The van der Waals surface area contributed by atoms with Crippen molar-refractivity contribution in [1.29, 1.82) is 0 Å². The Bertz CT molecular complexity index is 1460. The minimum absolute atomic E-state index is 0.0183. The average molecular weight is 512 g/mol. The predicted molar refractivity (Wildman–Crippen MR) is 145 cm³/mol. The monoisotopic (exact) mass is 511 g/mol. The van der Waals surface area contributed by atoms with Crippen molar-refractivity contribution in [3.63, 3.8) is 0 Å². The molecule has 2 N–H and O–H groups in total. The number of esters is 1. The summed E-state index contributed by atoms with van der Waals surface area (Å²) in [5, 5.41) is 3.46. The van der Waals surface area contributed by atoms with Gasteiger partial charge in [-0.05, 0) is 62.3 Å². The zero-order chi connectivity index (χ0) is 26.2. The van der Waals surface area contributed by atoms with Crippen LogP contribution in [0.3, 0.4) is 0 Å². The van der Waals surface area contributed by atoms with Crippen LogP contribution in [0.25, 0.3) is 11.0 Å². The number of ether oxygens (including phenoxy) is 2. The highest BCUT2D eigenvalue weighted by Crippen LogP contribution is 2.48. The number of hydrogen-bond acceptors (Lipinski definition) is 6. The van der Waals surface area contributed by atoms with Gasteiger partial charge in [0.25, 0.3) is 0 Å². The summed E-state index contributed by atoms with van der Waals surface area (Å²) >= 11 is 0. The topological polar surface area (TPSA) is 93.3 Å². The molecule has 1 unspecified atom stereocenters. The lowest BCUT2D eigenvalue weighted by atomic mass is 9.71. The molecule has 2 aromatic carbocycles. The van der Waals surface area contributed by atoms with Crippen LogP contribution in [0.1, 0.15) is 74.8 Å². The number of fused-ring (bicyclic) bond motifs is 1. The maximum Gasteiger partial charge on any atom is 0.337 e. The quantitative estimate of drug-likeness (QED) is 0.420. The van der Waals surface area contributed by atoms with E-state index < -0.39 is 5.92 Å². The second kappa shape index (κ2) is 10.1. The van der Waals surface area contributed by atoms with Gasteiger partial charge in [0.1, 0.15) is 11.9 Å². The van der Waals surface area contributed by atoms with E-state index in [0.29, 0.717) is 24.0 Å². The number of dihydropyridines is 1. The van der Waals surface area contributed by atoms with E-state index in [1.54, 1.807) is 13.4 Å². The van der Waals surface area contributed by atoms with Crippen molar-refractivity contribution in [2.24, 2.45) is 0 Å². The van der Waals surface area contributed by atoms with Gasteiger partial charge in [0, 0.05) is 29.3 Å². The number of nitrogens with one attached hydrogen (secondary N) is 2. The van der Waals surface area contributed by atoms with E-state index in [2.05, 4.69) is 15.3 Å². The van der Waals surface area contributed by atoms with E-state index in [-0.39, 0.29) is 23.8 Å². The molecule has 0 saturated heterocycles. The minimum Gasteiger partial charge on any atom is -0.496 e. The van der Waals surface area contributed by atoms with E-state index in [9.17, 15) is 9.59 Å². The number of carbonyl (C=O) groups is 2. The van der Waals surface area contributed by atoms with Gasteiger partial charge in [0.2, 0.25) is 0 Å². The highest BCUT2D eigenvalue weighted by Gasteiger charge is 2.43. The molecule has 7 heteroatoms. The molecular formula is C31H33N3O4. The SMILES string of the molecule is COc1ccccc1C1CC(=O)C2=C(C1)NC(C)=C(C(=O)OC1CCCCC1)[C@H]2c1cccc2[nH]cnc12. The van der Waals surface area contributed by atoms with Crippen LogP contribution in [0.15, 0.2) is 71.3 Å². The van der Waals surface area contributed by atoms with Gasteiger partial charge in [-0.15, -0.1) is 0 Å². The van der Waals surface area contributed by atoms with Crippen LogP contribution in [0.2, 0.25) is 0 Å². The van der Waals surface area contributed by atoms with Gasteiger partial charge in [0.15, 0.2) is 5.78 Å².